The monoisotopic (exact) mass is 313 g/mol. The number of nitrogens with one attached hydrogen (secondary N) is 1. The van der Waals surface area contributed by atoms with Crippen LogP contribution < -0.4 is 5.32 Å². The lowest BCUT2D eigenvalue weighted by molar-refractivity contribution is 0.0940. The second-order valence-corrected chi connectivity index (χ2v) is 5.59. The fourth-order valence-electron chi connectivity index (χ4n) is 2.42. The smallest absolute Gasteiger partial charge is 0.251 e. The molecule has 0 saturated carbocycles. The first kappa shape index (κ1) is 14.6. The van der Waals surface area contributed by atoms with Crippen LogP contribution in [-0.2, 0) is 7.05 Å². The highest BCUT2D eigenvalue weighted by Gasteiger charge is 2.13. The normalized spacial score (nSPS) is 12.3. The van der Waals surface area contributed by atoms with Crippen molar-refractivity contribution in [3.63, 3.8) is 0 Å². The van der Waals surface area contributed by atoms with Gasteiger partial charge in [0.2, 0.25) is 5.28 Å². The number of carbonyl (C=O) groups is 1. The van der Waals surface area contributed by atoms with E-state index >= 15 is 0 Å². The van der Waals surface area contributed by atoms with Crippen LogP contribution in [0.3, 0.4) is 0 Å². The van der Waals surface area contributed by atoms with Crippen molar-refractivity contribution in [2.24, 2.45) is 7.05 Å². The first-order valence-electron chi connectivity index (χ1n) is 7.04. The number of halogens is 1. The topological polar surface area (TPSA) is 46.9 Å². The van der Waals surface area contributed by atoms with Crippen LogP contribution in [0.4, 0.5) is 0 Å². The van der Waals surface area contributed by atoms with Crippen LogP contribution >= 0.6 is 11.6 Å². The molecular formula is C17H16ClN3O. The van der Waals surface area contributed by atoms with Crippen molar-refractivity contribution < 1.29 is 4.79 Å². The molecule has 0 saturated heterocycles. The van der Waals surface area contributed by atoms with Crippen molar-refractivity contribution in [1.29, 1.82) is 0 Å². The molecule has 1 atom stereocenters. The molecule has 0 spiro atoms. The maximum Gasteiger partial charge on any atom is 0.251 e. The summed E-state index contributed by atoms with van der Waals surface area (Å²) in [5.74, 6) is -0.125. The zero-order chi connectivity index (χ0) is 15.7. The molecule has 1 unspecified atom stereocenters. The van der Waals surface area contributed by atoms with E-state index in [2.05, 4.69) is 10.3 Å². The van der Waals surface area contributed by atoms with Gasteiger partial charge in [0.05, 0.1) is 17.1 Å². The molecule has 0 aliphatic carbocycles. The van der Waals surface area contributed by atoms with Crippen LogP contribution in [0.2, 0.25) is 5.28 Å². The van der Waals surface area contributed by atoms with E-state index in [4.69, 9.17) is 11.6 Å². The minimum atomic E-state index is -0.125. The fourth-order valence-corrected chi connectivity index (χ4v) is 2.60. The van der Waals surface area contributed by atoms with Crippen LogP contribution in [-0.4, -0.2) is 15.5 Å². The molecule has 5 heteroatoms. The maximum atomic E-state index is 12.4. The molecule has 0 aliphatic rings. The lowest BCUT2D eigenvalue weighted by Gasteiger charge is -2.14. The number of hydrogen-bond donors (Lipinski definition) is 1. The van der Waals surface area contributed by atoms with Gasteiger partial charge in [-0.05, 0) is 42.3 Å². The predicted molar refractivity (Wildman–Crippen MR) is 88.0 cm³/mol. The van der Waals surface area contributed by atoms with Gasteiger partial charge in [0.15, 0.2) is 0 Å². The molecule has 0 bridgehead atoms. The Bertz CT molecular complexity index is 827. The van der Waals surface area contributed by atoms with E-state index in [0.29, 0.717) is 16.4 Å². The second-order valence-electron chi connectivity index (χ2n) is 5.25. The standard InChI is InChI=1S/C17H16ClN3O/c1-11(12-6-4-3-5-7-12)19-16(22)13-8-9-15-14(10-13)20-17(18)21(15)2/h3-11H,1-2H3,(H,19,22). The molecule has 112 valence electrons. The average molecular weight is 314 g/mol. The largest absolute Gasteiger partial charge is 0.346 e. The van der Waals surface area contributed by atoms with Gasteiger partial charge in [-0.1, -0.05) is 30.3 Å². The number of hydrogen-bond acceptors (Lipinski definition) is 2. The molecule has 0 fully saturated rings. The first-order chi connectivity index (χ1) is 10.6. The van der Waals surface area contributed by atoms with Crippen LogP contribution in [0.5, 0.6) is 0 Å². The van der Waals surface area contributed by atoms with Gasteiger partial charge in [0.25, 0.3) is 5.91 Å². The van der Waals surface area contributed by atoms with Crippen molar-refractivity contribution in [2.45, 2.75) is 13.0 Å². The summed E-state index contributed by atoms with van der Waals surface area (Å²) in [5.41, 5.74) is 3.26. The molecule has 1 heterocycles. The van der Waals surface area contributed by atoms with E-state index in [-0.39, 0.29) is 11.9 Å². The molecule has 1 N–H and O–H groups in total. The Labute approximate surface area is 133 Å². The Kier molecular flexibility index (Phi) is 3.86. The lowest BCUT2D eigenvalue weighted by atomic mass is 10.1. The van der Waals surface area contributed by atoms with Crippen LogP contribution in [0.1, 0.15) is 28.9 Å². The molecule has 4 nitrogen and oxygen atoms in total. The van der Waals surface area contributed by atoms with E-state index in [1.54, 1.807) is 16.7 Å². The summed E-state index contributed by atoms with van der Waals surface area (Å²) in [7, 11) is 1.84. The fraction of sp³-hybridized carbons (Fsp3) is 0.176. The van der Waals surface area contributed by atoms with E-state index in [0.717, 1.165) is 11.1 Å². The Balaban J connectivity index is 1.83. The molecule has 0 aliphatic heterocycles. The number of rotatable bonds is 3. The van der Waals surface area contributed by atoms with Crippen molar-refractivity contribution >= 4 is 28.5 Å². The van der Waals surface area contributed by atoms with E-state index < -0.39 is 0 Å². The first-order valence-corrected chi connectivity index (χ1v) is 7.42. The third-order valence-electron chi connectivity index (χ3n) is 3.74. The van der Waals surface area contributed by atoms with Gasteiger partial charge in [-0.2, -0.15) is 0 Å². The summed E-state index contributed by atoms with van der Waals surface area (Å²) < 4.78 is 1.78. The number of aryl methyl sites for hydroxylation is 1. The number of imidazole rings is 1. The Morgan fingerprint density at radius 3 is 2.68 bits per heavy atom. The molecule has 1 aromatic heterocycles. The summed E-state index contributed by atoms with van der Waals surface area (Å²) in [6.45, 7) is 1.96. The SMILES string of the molecule is CC(NC(=O)c1ccc2c(c1)nc(Cl)n2C)c1ccccc1. The van der Waals surface area contributed by atoms with Gasteiger partial charge < -0.3 is 9.88 Å². The molecular weight excluding hydrogens is 298 g/mol. The number of aromatic nitrogens is 2. The zero-order valence-corrected chi connectivity index (χ0v) is 13.1. The van der Waals surface area contributed by atoms with Gasteiger partial charge in [-0.3, -0.25) is 4.79 Å². The number of benzene rings is 2. The number of carbonyl (C=O) groups excluding carboxylic acids is 1. The van der Waals surface area contributed by atoms with Gasteiger partial charge in [0, 0.05) is 12.6 Å². The highest BCUT2D eigenvalue weighted by Crippen LogP contribution is 2.20. The van der Waals surface area contributed by atoms with Crippen LogP contribution in [0.15, 0.2) is 48.5 Å². The van der Waals surface area contributed by atoms with E-state index in [1.807, 2.05) is 50.4 Å². The minimum Gasteiger partial charge on any atom is -0.346 e. The molecule has 2 aromatic carbocycles. The molecule has 3 aromatic rings. The second kappa shape index (κ2) is 5.81. The minimum absolute atomic E-state index is 0.0586. The molecule has 0 radical (unpaired) electrons. The summed E-state index contributed by atoms with van der Waals surface area (Å²) >= 11 is 6.00. The van der Waals surface area contributed by atoms with Gasteiger partial charge in [-0.25, -0.2) is 4.98 Å². The number of fused-ring (bicyclic) bond motifs is 1. The Morgan fingerprint density at radius 2 is 1.95 bits per heavy atom. The van der Waals surface area contributed by atoms with Gasteiger partial charge in [0.1, 0.15) is 0 Å². The number of amides is 1. The van der Waals surface area contributed by atoms with Crippen molar-refractivity contribution in [1.82, 2.24) is 14.9 Å². The highest BCUT2D eigenvalue weighted by molar-refractivity contribution is 6.29. The van der Waals surface area contributed by atoms with Crippen molar-refractivity contribution in [2.75, 3.05) is 0 Å². The van der Waals surface area contributed by atoms with E-state index in [1.165, 1.54) is 0 Å². The van der Waals surface area contributed by atoms with Gasteiger partial charge in [-0.15, -0.1) is 0 Å². The third-order valence-corrected chi connectivity index (χ3v) is 4.07. The molecule has 1 amide bonds. The summed E-state index contributed by atoms with van der Waals surface area (Å²) in [6, 6.07) is 15.2. The summed E-state index contributed by atoms with van der Waals surface area (Å²) in [4.78, 5) is 16.6. The van der Waals surface area contributed by atoms with Crippen molar-refractivity contribution in [3.8, 4) is 0 Å². The summed E-state index contributed by atoms with van der Waals surface area (Å²) in [5, 5.41) is 3.40. The molecule has 3 rings (SSSR count). The zero-order valence-electron chi connectivity index (χ0n) is 12.4. The highest BCUT2D eigenvalue weighted by atomic mass is 35.5. The van der Waals surface area contributed by atoms with Crippen LogP contribution in [0.25, 0.3) is 11.0 Å². The Morgan fingerprint density at radius 1 is 1.23 bits per heavy atom. The van der Waals surface area contributed by atoms with Crippen LogP contribution in [0, 0.1) is 0 Å². The quantitative estimate of drug-likeness (QED) is 0.801. The van der Waals surface area contributed by atoms with Gasteiger partial charge >= 0.3 is 0 Å². The maximum absolute atomic E-state index is 12.4. The predicted octanol–water partition coefficient (Wildman–Crippen LogP) is 3.72. The molecule has 22 heavy (non-hydrogen) atoms. The summed E-state index contributed by atoms with van der Waals surface area (Å²) in [6.07, 6.45) is 0. The lowest BCUT2D eigenvalue weighted by Crippen LogP contribution is -2.26. The third kappa shape index (κ3) is 2.70. The average Bonchev–Trinajstić information content (AvgIpc) is 2.82. The Hall–Kier alpha value is -2.33. The van der Waals surface area contributed by atoms with E-state index in [9.17, 15) is 4.79 Å². The number of nitrogens with zero attached hydrogens (tertiary/aromatic N) is 2. The van der Waals surface area contributed by atoms with Crippen molar-refractivity contribution in [3.05, 3.63) is 64.9 Å².